The maximum Gasteiger partial charge on any atom is 0.418 e. The third-order valence-electron chi connectivity index (χ3n) is 7.95. The summed E-state index contributed by atoms with van der Waals surface area (Å²) in [6, 6.07) is 7.88. The first-order valence-corrected chi connectivity index (χ1v) is 11.3. The van der Waals surface area contributed by atoms with E-state index >= 15 is 0 Å². The van der Waals surface area contributed by atoms with Crippen LogP contribution in [-0.2, 0) is 26.1 Å². The fourth-order valence-corrected chi connectivity index (χ4v) is 6.75. The number of imide groups is 1. The summed E-state index contributed by atoms with van der Waals surface area (Å²) in [7, 11) is 0. The van der Waals surface area contributed by atoms with E-state index in [1.165, 1.54) is 18.2 Å². The van der Waals surface area contributed by atoms with Crippen molar-refractivity contribution in [2.24, 2.45) is 11.8 Å². The predicted octanol–water partition coefficient (Wildman–Crippen LogP) is 2.87. The Labute approximate surface area is 196 Å². The summed E-state index contributed by atoms with van der Waals surface area (Å²) in [5.74, 6) is -2.88. The van der Waals surface area contributed by atoms with E-state index in [2.05, 4.69) is 5.32 Å². The molecule has 3 amide bonds. The summed E-state index contributed by atoms with van der Waals surface area (Å²) in [5.41, 5.74) is -2.60. The molecule has 0 unspecified atom stereocenters. The molecule has 8 nitrogen and oxygen atoms in total. The van der Waals surface area contributed by atoms with Gasteiger partial charge in [0.25, 0.3) is 0 Å². The highest BCUT2D eigenvalue weighted by Gasteiger charge is 2.75. The van der Waals surface area contributed by atoms with Gasteiger partial charge in [0, 0.05) is 17.7 Å². The largest absolute Gasteiger partial charge is 0.454 e. The Balaban J connectivity index is 1.41. The number of benzene rings is 2. The van der Waals surface area contributed by atoms with Crippen LogP contribution in [0.1, 0.15) is 24.0 Å². The fourth-order valence-electron chi connectivity index (χ4n) is 6.75. The molecule has 0 saturated carbocycles. The van der Waals surface area contributed by atoms with Crippen molar-refractivity contribution in [3.05, 3.63) is 47.5 Å². The van der Waals surface area contributed by atoms with E-state index in [-0.39, 0.29) is 23.7 Å². The zero-order chi connectivity index (χ0) is 24.3. The monoisotopic (exact) mass is 485 g/mol. The lowest BCUT2D eigenvalue weighted by Crippen LogP contribution is -2.54. The van der Waals surface area contributed by atoms with Crippen LogP contribution in [0.25, 0.3) is 0 Å². The Bertz CT molecular complexity index is 1340. The molecule has 0 radical (unpaired) electrons. The third kappa shape index (κ3) is 2.38. The first kappa shape index (κ1) is 20.7. The Morgan fingerprint density at radius 3 is 2.63 bits per heavy atom. The van der Waals surface area contributed by atoms with Gasteiger partial charge in [0.1, 0.15) is 5.54 Å². The molecule has 5 aliphatic heterocycles. The lowest BCUT2D eigenvalue weighted by molar-refractivity contribution is -0.137. The molecule has 11 heteroatoms. The average Bonchev–Trinajstić information content (AvgIpc) is 3.59. The molecular formula is C24H18F3N3O5. The van der Waals surface area contributed by atoms with Crippen molar-refractivity contribution in [1.82, 2.24) is 4.90 Å². The molecular weight excluding hydrogens is 467 g/mol. The highest BCUT2D eigenvalue weighted by atomic mass is 19.4. The van der Waals surface area contributed by atoms with Gasteiger partial charge in [0.2, 0.25) is 24.5 Å². The summed E-state index contributed by atoms with van der Waals surface area (Å²) >= 11 is 0. The van der Waals surface area contributed by atoms with Crippen LogP contribution >= 0.6 is 0 Å². The minimum atomic E-state index is -4.69. The van der Waals surface area contributed by atoms with Gasteiger partial charge in [-0.15, -0.1) is 0 Å². The van der Waals surface area contributed by atoms with Crippen LogP contribution in [0.5, 0.6) is 11.5 Å². The minimum Gasteiger partial charge on any atom is -0.454 e. The first-order chi connectivity index (χ1) is 16.7. The normalized spacial score (nSPS) is 30.8. The molecule has 3 fully saturated rings. The van der Waals surface area contributed by atoms with Crippen molar-refractivity contribution in [3.63, 3.8) is 0 Å². The van der Waals surface area contributed by atoms with Gasteiger partial charge >= 0.3 is 6.18 Å². The zero-order valence-electron chi connectivity index (χ0n) is 18.1. The molecule has 0 aliphatic carbocycles. The van der Waals surface area contributed by atoms with Crippen molar-refractivity contribution >= 4 is 29.1 Å². The van der Waals surface area contributed by atoms with Gasteiger partial charge in [0.05, 0.1) is 28.8 Å². The number of ether oxygens (including phenoxy) is 2. The van der Waals surface area contributed by atoms with E-state index in [0.717, 1.165) is 11.0 Å². The Kier molecular flexibility index (Phi) is 3.87. The number of nitrogens with one attached hydrogen (secondary N) is 1. The number of hydrogen-bond acceptors (Lipinski definition) is 6. The number of nitrogens with zero attached hydrogens (tertiary/aromatic N) is 2. The Morgan fingerprint density at radius 2 is 1.83 bits per heavy atom. The standard InChI is InChI=1S/C24H18F3N3O5/c25-24(26,27)13-4-1-3-12-19(13)28-22(33)23(12)18-17(14-5-2-8-29(14)23)20(31)30(21(18)32)11-6-7-15-16(9-11)35-10-34-15/h1,3-4,6-7,9,14,17-18H,2,5,8,10H2,(H,28,33)/t14-,17+,18+,23-/m0/s1. The second-order valence-corrected chi connectivity index (χ2v) is 9.40. The SMILES string of the molecule is O=C1[C@@H]2[C@@H]3CCCN3[C@]3(C(=O)Nc4c(C(F)(F)F)cccc43)[C@H]2C(=O)N1c1ccc2c(c1)OCO2. The van der Waals surface area contributed by atoms with E-state index in [4.69, 9.17) is 9.47 Å². The maximum absolute atomic E-state index is 13.9. The molecule has 0 aromatic heterocycles. The number of anilines is 2. The van der Waals surface area contributed by atoms with Crippen LogP contribution < -0.4 is 19.7 Å². The number of alkyl halides is 3. The number of fused-ring (bicyclic) bond motifs is 8. The van der Waals surface area contributed by atoms with Gasteiger partial charge in [-0.1, -0.05) is 12.1 Å². The third-order valence-corrected chi connectivity index (χ3v) is 7.95. The maximum atomic E-state index is 13.9. The number of amides is 3. The number of halogens is 3. The smallest absolute Gasteiger partial charge is 0.418 e. The van der Waals surface area contributed by atoms with Crippen molar-refractivity contribution in [2.75, 3.05) is 23.6 Å². The first-order valence-electron chi connectivity index (χ1n) is 11.3. The molecule has 3 saturated heterocycles. The van der Waals surface area contributed by atoms with Crippen molar-refractivity contribution in [1.29, 1.82) is 0 Å². The second-order valence-electron chi connectivity index (χ2n) is 9.40. The van der Waals surface area contributed by atoms with Gasteiger partial charge in [-0.05, 0) is 37.6 Å². The molecule has 4 atom stereocenters. The average molecular weight is 485 g/mol. The van der Waals surface area contributed by atoms with Crippen LogP contribution in [0, 0.1) is 11.8 Å². The quantitative estimate of drug-likeness (QED) is 0.626. The van der Waals surface area contributed by atoms with Crippen LogP contribution in [0.2, 0.25) is 0 Å². The summed E-state index contributed by atoms with van der Waals surface area (Å²) in [6.45, 7) is 0.427. The van der Waals surface area contributed by atoms with Crippen molar-refractivity contribution in [2.45, 2.75) is 30.6 Å². The topological polar surface area (TPSA) is 88.2 Å². The molecule has 0 bridgehead atoms. The fraction of sp³-hybridized carbons (Fsp3) is 0.375. The van der Waals surface area contributed by atoms with Crippen LogP contribution in [0.15, 0.2) is 36.4 Å². The summed E-state index contributed by atoms with van der Waals surface area (Å²) < 4.78 is 52.1. The molecule has 1 spiro atoms. The molecule has 5 heterocycles. The van der Waals surface area contributed by atoms with E-state index in [1.54, 1.807) is 17.0 Å². The van der Waals surface area contributed by atoms with Gasteiger partial charge in [-0.3, -0.25) is 19.3 Å². The molecule has 2 aromatic rings. The van der Waals surface area contributed by atoms with E-state index in [1.807, 2.05) is 0 Å². The van der Waals surface area contributed by atoms with E-state index in [0.29, 0.717) is 30.9 Å². The van der Waals surface area contributed by atoms with Gasteiger partial charge in [-0.25, -0.2) is 4.90 Å². The van der Waals surface area contributed by atoms with Crippen LogP contribution in [0.4, 0.5) is 24.5 Å². The number of hydrogen-bond donors (Lipinski definition) is 1. The lowest BCUT2D eigenvalue weighted by atomic mass is 9.75. The van der Waals surface area contributed by atoms with Gasteiger partial charge in [0.15, 0.2) is 11.5 Å². The molecule has 7 rings (SSSR count). The molecule has 1 N–H and O–H groups in total. The van der Waals surface area contributed by atoms with Crippen molar-refractivity contribution < 1.29 is 37.0 Å². The van der Waals surface area contributed by atoms with Gasteiger partial charge < -0.3 is 14.8 Å². The number of carbonyl (C=O) groups is 3. The number of rotatable bonds is 1. The number of carbonyl (C=O) groups excluding carboxylic acids is 3. The predicted molar refractivity (Wildman–Crippen MR) is 114 cm³/mol. The lowest BCUT2D eigenvalue weighted by Gasteiger charge is -2.36. The zero-order valence-corrected chi connectivity index (χ0v) is 18.1. The van der Waals surface area contributed by atoms with Crippen molar-refractivity contribution in [3.8, 4) is 11.5 Å². The van der Waals surface area contributed by atoms with Crippen LogP contribution in [-0.4, -0.2) is 42.0 Å². The molecule has 5 aliphatic rings. The highest BCUT2D eigenvalue weighted by Crippen LogP contribution is 2.61. The Hall–Kier alpha value is -3.60. The van der Waals surface area contributed by atoms with E-state index < -0.39 is 52.9 Å². The van der Waals surface area contributed by atoms with E-state index in [9.17, 15) is 27.6 Å². The summed E-state index contributed by atoms with van der Waals surface area (Å²) in [4.78, 5) is 44.1. The number of para-hydroxylation sites is 1. The molecule has 180 valence electrons. The minimum absolute atomic E-state index is 0.0184. The molecule has 35 heavy (non-hydrogen) atoms. The Morgan fingerprint density at radius 1 is 1.03 bits per heavy atom. The highest BCUT2D eigenvalue weighted by molar-refractivity contribution is 6.26. The van der Waals surface area contributed by atoms with Crippen LogP contribution in [0.3, 0.4) is 0 Å². The summed E-state index contributed by atoms with van der Waals surface area (Å²) in [6.07, 6.45) is -3.46. The van der Waals surface area contributed by atoms with Gasteiger partial charge in [-0.2, -0.15) is 13.2 Å². The molecule has 2 aromatic carbocycles. The summed E-state index contributed by atoms with van der Waals surface area (Å²) in [5, 5.41) is 2.44. The second kappa shape index (κ2) is 6.54.